The van der Waals surface area contributed by atoms with E-state index in [1.165, 1.54) is 12.1 Å². The largest absolute Gasteiger partial charge is 0.417 e. The second-order valence-electron chi connectivity index (χ2n) is 12.2. The van der Waals surface area contributed by atoms with Crippen LogP contribution in [0.5, 0.6) is 0 Å². The second-order valence-corrected chi connectivity index (χ2v) is 12.2. The molecule has 0 N–H and O–H groups in total. The zero-order valence-corrected chi connectivity index (χ0v) is 25.7. The standard InChI is InChI=1S/C40H26F6N2/c1-23-11-16-30-28-7-3-5-9-35(28)47(37(30)19-23)27-15-18-34(40(44,45)46)33(22-27)32-21-26(14-12-24(32)2)48-36-10-6-4-8-29(36)31-17-13-25(20-38(31)48)39(41,42)43/h3-22H,1-2H3. The average molecular weight is 649 g/mol. The highest BCUT2D eigenvalue weighted by atomic mass is 19.4. The summed E-state index contributed by atoms with van der Waals surface area (Å²) in [6.07, 6.45) is -9.23. The number of hydrogen-bond acceptors (Lipinski definition) is 0. The summed E-state index contributed by atoms with van der Waals surface area (Å²) in [6.45, 7) is 3.71. The van der Waals surface area contributed by atoms with Gasteiger partial charge in [-0.1, -0.05) is 60.7 Å². The van der Waals surface area contributed by atoms with Gasteiger partial charge in [0.2, 0.25) is 0 Å². The third kappa shape index (κ3) is 4.66. The van der Waals surface area contributed by atoms with Gasteiger partial charge in [-0.25, -0.2) is 0 Å². The maximum absolute atomic E-state index is 14.7. The molecular weight excluding hydrogens is 622 g/mol. The summed E-state index contributed by atoms with van der Waals surface area (Å²) >= 11 is 0. The third-order valence-corrected chi connectivity index (χ3v) is 9.17. The molecule has 6 aromatic carbocycles. The van der Waals surface area contributed by atoms with Crippen molar-refractivity contribution in [2.24, 2.45) is 0 Å². The van der Waals surface area contributed by atoms with E-state index >= 15 is 0 Å². The van der Waals surface area contributed by atoms with Gasteiger partial charge in [-0.2, -0.15) is 26.3 Å². The van der Waals surface area contributed by atoms with Crippen molar-refractivity contribution in [2.45, 2.75) is 26.2 Å². The van der Waals surface area contributed by atoms with Crippen LogP contribution in [0.25, 0.3) is 66.1 Å². The molecule has 8 heteroatoms. The molecule has 0 unspecified atom stereocenters. The highest BCUT2D eigenvalue weighted by Gasteiger charge is 2.35. The van der Waals surface area contributed by atoms with Crippen molar-refractivity contribution >= 4 is 43.6 Å². The lowest BCUT2D eigenvalue weighted by atomic mass is 9.94. The van der Waals surface area contributed by atoms with Crippen molar-refractivity contribution < 1.29 is 26.3 Å². The van der Waals surface area contributed by atoms with Crippen molar-refractivity contribution in [1.82, 2.24) is 9.13 Å². The van der Waals surface area contributed by atoms with Crippen molar-refractivity contribution in [3.8, 4) is 22.5 Å². The van der Waals surface area contributed by atoms with E-state index in [2.05, 4.69) is 0 Å². The van der Waals surface area contributed by atoms with Gasteiger partial charge in [0, 0.05) is 32.9 Å². The molecule has 2 heterocycles. The number of halogens is 6. The smallest absolute Gasteiger partial charge is 0.309 e. The Labute approximate surface area is 271 Å². The summed E-state index contributed by atoms with van der Waals surface area (Å²) in [7, 11) is 0. The molecule has 48 heavy (non-hydrogen) atoms. The molecule has 8 aromatic rings. The molecule has 0 aliphatic rings. The maximum atomic E-state index is 14.7. The highest BCUT2D eigenvalue weighted by Crippen LogP contribution is 2.43. The lowest BCUT2D eigenvalue weighted by Gasteiger charge is -2.19. The molecule has 0 aliphatic carbocycles. The summed E-state index contributed by atoms with van der Waals surface area (Å²) in [5, 5.41) is 3.32. The molecule has 0 bridgehead atoms. The predicted octanol–water partition coefficient (Wildman–Crippen LogP) is 12.2. The summed E-state index contributed by atoms with van der Waals surface area (Å²) in [5.74, 6) is 0. The van der Waals surface area contributed by atoms with E-state index in [1.54, 1.807) is 47.9 Å². The Kier molecular flexibility index (Phi) is 6.54. The van der Waals surface area contributed by atoms with Gasteiger partial charge >= 0.3 is 12.4 Å². The molecule has 0 aliphatic heterocycles. The van der Waals surface area contributed by atoms with Crippen LogP contribution < -0.4 is 0 Å². The first-order valence-corrected chi connectivity index (χ1v) is 15.3. The summed E-state index contributed by atoms with van der Waals surface area (Å²) in [6, 6.07) is 33.9. The van der Waals surface area contributed by atoms with Gasteiger partial charge in [0.05, 0.1) is 33.2 Å². The minimum absolute atomic E-state index is 0.0188. The number of benzene rings is 6. The lowest BCUT2D eigenvalue weighted by Crippen LogP contribution is -2.09. The summed E-state index contributed by atoms with van der Waals surface area (Å²) in [4.78, 5) is 0. The fraction of sp³-hybridized carbons (Fsp3) is 0.100. The van der Waals surface area contributed by atoms with E-state index in [9.17, 15) is 26.3 Å². The minimum atomic E-state index is -4.66. The first-order valence-electron chi connectivity index (χ1n) is 15.3. The predicted molar refractivity (Wildman–Crippen MR) is 180 cm³/mol. The van der Waals surface area contributed by atoms with Gasteiger partial charge in [-0.15, -0.1) is 0 Å². The molecule has 0 spiro atoms. The Morgan fingerprint density at radius 1 is 0.438 bits per heavy atom. The second kappa shape index (κ2) is 10.5. The van der Waals surface area contributed by atoms with E-state index < -0.39 is 23.5 Å². The number of hydrogen-bond donors (Lipinski definition) is 0. The molecule has 0 atom stereocenters. The fourth-order valence-corrected chi connectivity index (χ4v) is 6.96. The number of aryl methyl sites for hydroxylation is 2. The highest BCUT2D eigenvalue weighted by molar-refractivity contribution is 6.10. The SMILES string of the molecule is Cc1ccc2c3ccccc3n(-c3ccc(C(F)(F)F)c(-c4cc(-n5c6ccccc6c6ccc(C(F)(F)F)cc65)ccc4C)c3)c2c1. The quantitative estimate of drug-likeness (QED) is 0.169. The number of rotatable bonds is 3. The minimum Gasteiger partial charge on any atom is -0.309 e. The van der Waals surface area contributed by atoms with Gasteiger partial charge in [0.1, 0.15) is 0 Å². The zero-order valence-electron chi connectivity index (χ0n) is 25.7. The van der Waals surface area contributed by atoms with E-state index in [-0.39, 0.29) is 5.56 Å². The molecule has 2 nitrogen and oxygen atoms in total. The van der Waals surface area contributed by atoms with Gasteiger partial charge in [-0.05, 0) is 96.8 Å². The first kappa shape index (κ1) is 29.9. The van der Waals surface area contributed by atoms with Gasteiger partial charge < -0.3 is 9.13 Å². The summed E-state index contributed by atoms with van der Waals surface area (Å²) in [5.41, 5.74) is 4.02. The molecule has 8 rings (SSSR count). The molecule has 0 saturated carbocycles. The van der Waals surface area contributed by atoms with Gasteiger partial charge in [-0.3, -0.25) is 0 Å². The Morgan fingerprint density at radius 3 is 1.56 bits per heavy atom. The molecule has 2 aromatic heterocycles. The molecule has 0 fully saturated rings. The topological polar surface area (TPSA) is 9.86 Å². The number of para-hydroxylation sites is 2. The Morgan fingerprint density at radius 2 is 0.958 bits per heavy atom. The average Bonchev–Trinajstić information content (AvgIpc) is 3.56. The zero-order chi connectivity index (χ0) is 33.5. The Bertz CT molecular complexity index is 2560. The third-order valence-electron chi connectivity index (χ3n) is 9.17. The van der Waals surface area contributed by atoms with Crippen LogP contribution in [0.2, 0.25) is 0 Å². The van der Waals surface area contributed by atoms with Crippen LogP contribution in [0.3, 0.4) is 0 Å². The van der Waals surface area contributed by atoms with Crippen LogP contribution in [0.15, 0.2) is 121 Å². The fourth-order valence-electron chi connectivity index (χ4n) is 6.96. The lowest BCUT2D eigenvalue weighted by molar-refractivity contribution is -0.138. The number of fused-ring (bicyclic) bond motifs is 6. The van der Waals surface area contributed by atoms with Crippen LogP contribution in [-0.2, 0) is 12.4 Å². The number of aromatic nitrogens is 2. The van der Waals surface area contributed by atoms with E-state index in [4.69, 9.17) is 0 Å². The van der Waals surface area contributed by atoms with Crippen LogP contribution in [0.4, 0.5) is 26.3 Å². The van der Waals surface area contributed by atoms with Crippen LogP contribution in [0, 0.1) is 13.8 Å². The molecule has 238 valence electrons. The van der Waals surface area contributed by atoms with Gasteiger partial charge in [0.25, 0.3) is 0 Å². The number of alkyl halides is 6. The Hall–Kier alpha value is -5.50. The van der Waals surface area contributed by atoms with Crippen molar-refractivity contribution in [1.29, 1.82) is 0 Å². The molecule has 0 amide bonds. The van der Waals surface area contributed by atoms with Crippen LogP contribution in [-0.4, -0.2) is 9.13 Å². The Balaban J connectivity index is 1.41. The van der Waals surface area contributed by atoms with E-state index in [0.29, 0.717) is 38.9 Å². The maximum Gasteiger partial charge on any atom is 0.417 e. The number of nitrogens with zero attached hydrogens (tertiary/aromatic N) is 2. The van der Waals surface area contributed by atoms with Crippen molar-refractivity contribution in [3.05, 3.63) is 144 Å². The van der Waals surface area contributed by atoms with Crippen LogP contribution in [0.1, 0.15) is 22.3 Å². The van der Waals surface area contributed by atoms with Crippen molar-refractivity contribution in [3.63, 3.8) is 0 Å². The van der Waals surface area contributed by atoms with E-state index in [0.717, 1.165) is 51.0 Å². The molecule has 0 radical (unpaired) electrons. The summed E-state index contributed by atoms with van der Waals surface area (Å²) < 4.78 is 89.4. The van der Waals surface area contributed by atoms with Crippen LogP contribution >= 0.6 is 0 Å². The first-order chi connectivity index (χ1) is 22.9. The monoisotopic (exact) mass is 648 g/mol. The molecule has 0 saturated heterocycles. The van der Waals surface area contributed by atoms with Gasteiger partial charge in [0.15, 0.2) is 0 Å². The van der Waals surface area contributed by atoms with E-state index in [1.807, 2.05) is 66.1 Å². The molecular formula is C40H26F6N2. The van der Waals surface area contributed by atoms with Crippen molar-refractivity contribution in [2.75, 3.05) is 0 Å². The normalized spacial score (nSPS) is 12.6.